The van der Waals surface area contributed by atoms with E-state index in [1.54, 1.807) is 4.90 Å². The van der Waals surface area contributed by atoms with E-state index in [9.17, 15) is 9.59 Å². The number of urea groups is 1. The van der Waals surface area contributed by atoms with Crippen LogP contribution in [0.1, 0.15) is 50.5 Å². The molecular weight excluding hydrogens is 392 g/mol. The van der Waals surface area contributed by atoms with E-state index in [1.165, 1.54) is 24.8 Å². The number of nitrogens with one attached hydrogen (secondary N) is 1. The average molecular weight is 431 g/mol. The quantitative estimate of drug-likeness (QED) is 0.794. The lowest BCUT2D eigenvalue weighted by molar-refractivity contribution is -0.141. The Labute approximate surface area is 185 Å². The second-order valence-electron chi connectivity index (χ2n) is 10.1. The molecule has 2 aliphatic heterocycles. The van der Waals surface area contributed by atoms with E-state index in [-0.39, 0.29) is 17.9 Å². The number of aromatic nitrogens is 2. The van der Waals surface area contributed by atoms with Crippen molar-refractivity contribution in [1.29, 1.82) is 0 Å². The fourth-order valence-electron chi connectivity index (χ4n) is 5.96. The van der Waals surface area contributed by atoms with Crippen LogP contribution in [0.3, 0.4) is 0 Å². The van der Waals surface area contributed by atoms with E-state index in [0.29, 0.717) is 12.6 Å². The Hall–Kier alpha value is -2.09. The second-order valence-corrected chi connectivity index (χ2v) is 10.1. The number of aryl methyl sites for hydroxylation is 1. The smallest absolute Gasteiger partial charge is 0.317 e. The van der Waals surface area contributed by atoms with Gasteiger partial charge in [0.05, 0.1) is 11.6 Å². The zero-order chi connectivity index (χ0) is 22.0. The number of carbonyl (C=O) groups is 2. The van der Waals surface area contributed by atoms with Gasteiger partial charge in [0.25, 0.3) is 0 Å². The Kier molecular flexibility index (Phi) is 6.55. The van der Waals surface area contributed by atoms with Crippen molar-refractivity contribution in [3.63, 3.8) is 0 Å². The van der Waals surface area contributed by atoms with Crippen molar-refractivity contribution in [2.75, 3.05) is 40.3 Å². The molecule has 1 aliphatic carbocycles. The summed E-state index contributed by atoms with van der Waals surface area (Å²) in [5.41, 5.74) is 0.754. The summed E-state index contributed by atoms with van der Waals surface area (Å²) in [5, 5.41) is 7.57. The molecule has 3 amide bonds. The molecule has 2 saturated heterocycles. The topological polar surface area (TPSA) is 73.7 Å². The lowest BCUT2D eigenvalue weighted by Crippen LogP contribution is -2.50. The van der Waals surface area contributed by atoms with Gasteiger partial charge in [0.1, 0.15) is 0 Å². The summed E-state index contributed by atoms with van der Waals surface area (Å²) in [6.07, 6.45) is 11.5. The van der Waals surface area contributed by atoms with Gasteiger partial charge in [0.2, 0.25) is 5.91 Å². The average Bonchev–Trinajstić information content (AvgIpc) is 3.25. The third-order valence-corrected chi connectivity index (χ3v) is 7.47. The van der Waals surface area contributed by atoms with Crippen molar-refractivity contribution in [2.24, 2.45) is 18.4 Å². The van der Waals surface area contributed by atoms with Crippen molar-refractivity contribution in [1.82, 2.24) is 29.8 Å². The molecule has 1 aromatic rings. The minimum Gasteiger partial charge on any atom is -0.348 e. The molecule has 31 heavy (non-hydrogen) atoms. The molecule has 2 atom stereocenters. The Bertz CT molecular complexity index is 787. The molecule has 1 aromatic heterocycles. The molecular formula is C23H38N6O2. The first-order chi connectivity index (χ1) is 14.9. The monoisotopic (exact) mass is 430 g/mol. The fraction of sp³-hybridized carbons (Fsp3) is 0.783. The number of hydrogen-bond donors (Lipinski definition) is 1. The van der Waals surface area contributed by atoms with Crippen LogP contribution < -0.4 is 5.32 Å². The lowest BCUT2D eigenvalue weighted by atomic mass is 9.74. The third-order valence-electron chi connectivity index (χ3n) is 7.47. The van der Waals surface area contributed by atoms with Crippen molar-refractivity contribution < 1.29 is 9.59 Å². The molecule has 8 heteroatoms. The van der Waals surface area contributed by atoms with Gasteiger partial charge in [-0.1, -0.05) is 19.3 Å². The van der Waals surface area contributed by atoms with Crippen molar-refractivity contribution in [2.45, 2.75) is 57.5 Å². The van der Waals surface area contributed by atoms with Gasteiger partial charge < -0.3 is 15.1 Å². The summed E-state index contributed by atoms with van der Waals surface area (Å²) < 4.78 is 1.82. The number of amides is 3. The maximum atomic E-state index is 13.4. The molecule has 172 valence electrons. The van der Waals surface area contributed by atoms with Crippen LogP contribution in [-0.2, 0) is 18.4 Å². The summed E-state index contributed by atoms with van der Waals surface area (Å²) in [7, 11) is 5.64. The molecule has 0 radical (unpaired) electrons. The maximum Gasteiger partial charge on any atom is 0.317 e. The Morgan fingerprint density at radius 3 is 2.65 bits per heavy atom. The molecule has 3 fully saturated rings. The van der Waals surface area contributed by atoms with Crippen LogP contribution in [0.5, 0.6) is 0 Å². The highest BCUT2D eigenvalue weighted by molar-refractivity contribution is 5.84. The van der Waals surface area contributed by atoms with Crippen LogP contribution in [0.4, 0.5) is 4.79 Å². The first-order valence-electron chi connectivity index (χ1n) is 11.8. The third kappa shape index (κ3) is 4.73. The lowest BCUT2D eigenvalue weighted by Gasteiger charge is -2.35. The summed E-state index contributed by atoms with van der Waals surface area (Å²) in [5.74, 6) is 0.361. The Balaban J connectivity index is 1.49. The normalized spacial score (nSPS) is 27.6. The van der Waals surface area contributed by atoms with Crippen LogP contribution in [-0.4, -0.2) is 82.7 Å². The highest BCUT2D eigenvalue weighted by Crippen LogP contribution is 2.44. The molecule has 0 bridgehead atoms. The summed E-state index contributed by atoms with van der Waals surface area (Å²) in [6.45, 7) is 3.77. The second kappa shape index (κ2) is 9.18. The van der Waals surface area contributed by atoms with Gasteiger partial charge in [0.15, 0.2) is 0 Å². The number of rotatable bonds is 4. The van der Waals surface area contributed by atoms with Crippen LogP contribution in [0.2, 0.25) is 0 Å². The molecule has 3 aliphatic rings. The zero-order valence-electron chi connectivity index (χ0n) is 19.3. The molecule has 8 nitrogen and oxygen atoms in total. The number of nitrogens with zero attached hydrogens (tertiary/aromatic N) is 5. The predicted molar refractivity (Wildman–Crippen MR) is 119 cm³/mol. The van der Waals surface area contributed by atoms with Gasteiger partial charge in [-0.15, -0.1) is 0 Å². The first kappa shape index (κ1) is 22.1. The summed E-state index contributed by atoms with van der Waals surface area (Å²) in [4.78, 5) is 32.6. The molecule has 1 saturated carbocycles. The summed E-state index contributed by atoms with van der Waals surface area (Å²) in [6, 6.07) is 0.369. The maximum absolute atomic E-state index is 13.4. The van der Waals surface area contributed by atoms with Crippen molar-refractivity contribution in [3.05, 3.63) is 18.0 Å². The minimum absolute atomic E-state index is 0.0608. The highest BCUT2D eigenvalue weighted by atomic mass is 16.2. The van der Waals surface area contributed by atoms with Crippen LogP contribution in [0, 0.1) is 11.3 Å². The SMILES string of the molecule is CN(C)C(=O)[C@]12CCCN(C(=O)NC3CCCCC3)C[C@H]1CN(Cc1cnn(C)c1)C2. The number of likely N-dealkylation sites (tertiary alicyclic amines) is 2. The highest BCUT2D eigenvalue weighted by Gasteiger charge is 2.53. The predicted octanol–water partition coefficient (Wildman–Crippen LogP) is 2.06. The van der Waals surface area contributed by atoms with Gasteiger partial charge >= 0.3 is 6.03 Å². The van der Waals surface area contributed by atoms with Gasteiger partial charge in [0, 0.05) is 77.6 Å². The van der Waals surface area contributed by atoms with Gasteiger partial charge in [-0.25, -0.2) is 4.79 Å². The Morgan fingerprint density at radius 2 is 1.97 bits per heavy atom. The molecule has 0 aromatic carbocycles. The number of hydrogen-bond acceptors (Lipinski definition) is 4. The molecule has 0 spiro atoms. The van der Waals surface area contributed by atoms with Gasteiger partial charge in [-0.3, -0.25) is 14.4 Å². The van der Waals surface area contributed by atoms with Gasteiger partial charge in [-0.2, -0.15) is 5.10 Å². The van der Waals surface area contributed by atoms with E-state index in [0.717, 1.165) is 51.9 Å². The standard InChI is InChI=1S/C23H38N6O2/c1-26(2)21(30)23-10-7-11-29(22(31)25-20-8-5-4-6-9-20)16-19(23)15-28(17-23)14-18-12-24-27(3)13-18/h12-13,19-20H,4-11,14-17H2,1-3H3,(H,25,31)/t19-,23+/m1/s1. The van der Waals surface area contributed by atoms with Crippen molar-refractivity contribution in [3.8, 4) is 0 Å². The van der Waals surface area contributed by atoms with Crippen LogP contribution >= 0.6 is 0 Å². The van der Waals surface area contributed by atoms with Crippen molar-refractivity contribution >= 4 is 11.9 Å². The molecule has 4 rings (SSSR count). The largest absolute Gasteiger partial charge is 0.348 e. The molecule has 0 unspecified atom stereocenters. The number of carbonyl (C=O) groups excluding carboxylic acids is 2. The minimum atomic E-state index is -0.411. The van der Waals surface area contributed by atoms with E-state index < -0.39 is 5.41 Å². The van der Waals surface area contributed by atoms with E-state index >= 15 is 0 Å². The Morgan fingerprint density at radius 1 is 1.19 bits per heavy atom. The van der Waals surface area contributed by atoms with E-state index in [2.05, 4.69) is 15.3 Å². The van der Waals surface area contributed by atoms with E-state index in [4.69, 9.17) is 0 Å². The summed E-state index contributed by atoms with van der Waals surface area (Å²) >= 11 is 0. The molecule has 3 heterocycles. The first-order valence-corrected chi connectivity index (χ1v) is 11.8. The fourth-order valence-corrected chi connectivity index (χ4v) is 5.96. The van der Waals surface area contributed by atoms with Gasteiger partial charge in [-0.05, 0) is 25.7 Å². The van der Waals surface area contributed by atoms with Crippen LogP contribution in [0.15, 0.2) is 12.4 Å². The van der Waals surface area contributed by atoms with E-state index in [1.807, 2.05) is 43.1 Å². The van der Waals surface area contributed by atoms with Crippen LogP contribution in [0.25, 0.3) is 0 Å². The number of fused-ring (bicyclic) bond motifs is 1. The molecule has 1 N–H and O–H groups in total. The zero-order valence-corrected chi connectivity index (χ0v) is 19.3.